The zero-order valence-electron chi connectivity index (χ0n) is 32.9. The standard InChI is InChI=1S/C41H45FN6O11S/c1-3-43-39(52)31(11-8-16-44-41(54)59-21-24-9-6-5-7-10-24)45-34(49)19-32-38(40(53)48(32)20-36(51)57-4-2)47-35(50)22-58-26-13-14-27-33(18-26)60(55,56)23-29-28-17-25(42)12-15-30(28)46-37(27)29/h5-7,9-10,12-15,17-18,31-32,38,46H,3-4,8,11,16,19-23H2,1-2H3,(H,43,52)(H,44,54)(H,45,49)(H,47,50). The minimum atomic E-state index is -3.89. The molecule has 6 rings (SSSR count). The van der Waals surface area contributed by atoms with Crippen LogP contribution in [0.3, 0.4) is 0 Å². The number of nitrogens with one attached hydrogen (secondary N) is 5. The number of sulfone groups is 1. The van der Waals surface area contributed by atoms with Crippen molar-refractivity contribution in [3.8, 4) is 17.0 Å². The Bertz CT molecular complexity index is 2390. The van der Waals surface area contributed by atoms with Crippen LogP contribution in [-0.4, -0.2) is 105 Å². The molecule has 3 aromatic carbocycles. The van der Waals surface area contributed by atoms with E-state index in [4.69, 9.17) is 14.2 Å². The molecule has 3 atom stereocenters. The van der Waals surface area contributed by atoms with Crippen molar-refractivity contribution < 1.29 is 55.8 Å². The van der Waals surface area contributed by atoms with Gasteiger partial charge in [0.1, 0.15) is 36.8 Å². The van der Waals surface area contributed by atoms with Crippen LogP contribution in [0.25, 0.3) is 22.2 Å². The Morgan fingerprint density at radius 3 is 2.50 bits per heavy atom. The van der Waals surface area contributed by atoms with Gasteiger partial charge in [-0.15, -0.1) is 0 Å². The van der Waals surface area contributed by atoms with Crippen molar-refractivity contribution in [2.24, 2.45) is 0 Å². The van der Waals surface area contributed by atoms with E-state index < -0.39 is 89.0 Å². The lowest BCUT2D eigenvalue weighted by Gasteiger charge is -2.46. The summed E-state index contributed by atoms with van der Waals surface area (Å²) in [5.74, 6) is -4.11. The van der Waals surface area contributed by atoms with Crippen LogP contribution in [0.4, 0.5) is 9.18 Å². The number of hydrogen-bond acceptors (Lipinski definition) is 11. The van der Waals surface area contributed by atoms with Gasteiger partial charge in [-0.25, -0.2) is 17.6 Å². The average Bonchev–Trinajstić information content (AvgIpc) is 3.58. The summed E-state index contributed by atoms with van der Waals surface area (Å²) in [6.07, 6.45) is -0.620. The Labute approximate surface area is 344 Å². The molecule has 0 radical (unpaired) electrons. The summed E-state index contributed by atoms with van der Waals surface area (Å²) in [5, 5.41) is 10.9. The number of carbonyl (C=O) groups is 6. The van der Waals surface area contributed by atoms with Crippen LogP contribution in [0.15, 0.2) is 71.6 Å². The van der Waals surface area contributed by atoms with E-state index >= 15 is 0 Å². The molecule has 17 nitrogen and oxygen atoms in total. The van der Waals surface area contributed by atoms with E-state index in [0.29, 0.717) is 34.1 Å². The minimum absolute atomic E-state index is 0.0432. The number of ether oxygens (including phenoxy) is 3. The lowest BCUT2D eigenvalue weighted by atomic mass is 9.91. The van der Waals surface area contributed by atoms with E-state index in [1.54, 1.807) is 13.8 Å². The van der Waals surface area contributed by atoms with Crippen molar-refractivity contribution in [2.75, 3.05) is 32.8 Å². The number of nitrogens with zero attached hydrogens (tertiary/aromatic N) is 1. The number of likely N-dealkylation sites (N-methyl/N-ethyl adjacent to an activating group) is 1. The molecule has 318 valence electrons. The van der Waals surface area contributed by atoms with Crippen LogP contribution in [0, 0.1) is 5.82 Å². The summed E-state index contributed by atoms with van der Waals surface area (Å²) in [6.45, 7) is 2.73. The molecule has 3 unspecified atom stereocenters. The first-order valence-electron chi connectivity index (χ1n) is 19.3. The van der Waals surface area contributed by atoms with Crippen molar-refractivity contribution in [3.63, 3.8) is 0 Å². The second-order valence-electron chi connectivity index (χ2n) is 14.1. The third-order valence-corrected chi connectivity index (χ3v) is 11.6. The van der Waals surface area contributed by atoms with Gasteiger partial charge in [-0.05, 0) is 68.7 Å². The number of H-pyrrole nitrogens is 1. The van der Waals surface area contributed by atoms with E-state index in [9.17, 15) is 41.6 Å². The Morgan fingerprint density at radius 1 is 0.967 bits per heavy atom. The zero-order chi connectivity index (χ0) is 43.0. The molecule has 3 heterocycles. The van der Waals surface area contributed by atoms with Gasteiger partial charge in [0.15, 0.2) is 16.4 Å². The van der Waals surface area contributed by atoms with E-state index in [1.165, 1.54) is 36.4 Å². The highest BCUT2D eigenvalue weighted by Crippen LogP contribution is 2.42. The topological polar surface area (TPSA) is 231 Å². The lowest BCUT2D eigenvalue weighted by Crippen LogP contribution is -2.72. The van der Waals surface area contributed by atoms with E-state index in [1.807, 2.05) is 30.3 Å². The number of carbonyl (C=O) groups excluding carboxylic acids is 6. The molecule has 1 aromatic heterocycles. The van der Waals surface area contributed by atoms with Crippen LogP contribution in [-0.2, 0) is 55.6 Å². The molecular formula is C41H45FN6O11S. The van der Waals surface area contributed by atoms with Crippen molar-refractivity contribution in [2.45, 2.75) is 68.5 Å². The third-order valence-electron chi connectivity index (χ3n) is 9.93. The monoisotopic (exact) mass is 848 g/mol. The first-order chi connectivity index (χ1) is 28.8. The van der Waals surface area contributed by atoms with E-state index in [2.05, 4.69) is 26.3 Å². The van der Waals surface area contributed by atoms with Crippen molar-refractivity contribution >= 4 is 56.4 Å². The fraction of sp³-hybridized carbons (Fsp3) is 0.366. The van der Waals surface area contributed by atoms with E-state index in [0.717, 1.165) is 10.5 Å². The zero-order valence-corrected chi connectivity index (χ0v) is 33.7. The number of aromatic amines is 1. The molecule has 0 aliphatic carbocycles. The lowest BCUT2D eigenvalue weighted by molar-refractivity contribution is -0.163. The van der Waals surface area contributed by atoms with Crippen LogP contribution >= 0.6 is 0 Å². The minimum Gasteiger partial charge on any atom is -0.484 e. The maximum Gasteiger partial charge on any atom is 0.407 e. The van der Waals surface area contributed by atoms with Gasteiger partial charge in [0.2, 0.25) is 17.7 Å². The Balaban J connectivity index is 1.06. The predicted octanol–water partition coefficient (Wildman–Crippen LogP) is 2.62. The molecule has 19 heteroatoms. The molecular weight excluding hydrogens is 804 g/mol. The number of esters is 1. The van der Waals surface area contributed by atoms with Crippen LogP contribution in [0.2, 0.25) is 0 Å². The largest absolute Gasteiger partial charge is 0.484 e. The number of benzene rings is 3. The number of hydrogen-bond donors (Lipinski definition) is 5. The molecule has 1 saturated heterocycles. The molecule has 2 aliphatic rings. The molecule has 60 heavy (non-hydrogen) atoms. The van der Waals surface area contributed by atoms with Crippen molar-refractivity contribution in [3.05, 3.63) is 83.7 Å². The first kappa shape index (κ1) is 43.1. The average molecular weight is 849 g/mol. The summed E-state index contributed by atoms with van der Waals surface area (Å²) in [6, 6.07) is 14.2. The van der Waals surface area contributed by atoms with Gasteiger partial charge < -0.3 is 45.4 Å². The fourth-order valence-electron chi connectivity index (χ4n) is 7.10. The summed E-state index contributed by atoms with van der Waals surface area (Å²) in [5.41, 5.74) is 2.72. The molecule has 2 aliphatic heterocycles. The van der Waals surface area contributed by atoms with Crippen LogP contribution in [0.5, 0.6) is 5.75 Å². The third kappa shape index (κ3) is 10.2. The van der Waals surface area contributed by atoms with Gasteiger partial charge in [0.25, 0.3) is 5.91 Å². The molecule has 1 fully saturated rings. The summed E-state index contributed by atoms with van der Waals surface area (Å²) in [7, 11) is -3.89. The van der Waals surface area contributed by atoms with E-state index in [-0.39, 0.29) is 49.1 Å². The quantitative estimate of drug-likeness (QED) is 0.0555. The van der Waals surface area contributed by atoms with Crippen molar-refractivity contribution in [1.82, 2.24) is 31.2 Å². The fourth-order valence-corrected chi connectivity index (χ4v) is 8.74. The Morgan fingerprint density at radius 2 is 1.75 bits per heavy atom. The summed E-state index contributed by atoms with van der Waals surface area (Å²) in [4.78, 5) is 81.4. The molecule has 4 aromatic rings. The normalized spacial score (nSPS) is 16.6. The Kier molecular flexibility index (Phi) is 13.7. The number of fused-ring (bicyclic) bond motifs is 5. The van der Waals surface area contributed by atoms with Gasteiger partial charge in [0.05, 0.1) is 29.0 Å². The Hall–Kier alpha value is -6.50. The molecule has 0 bridgehead atoms. The first-order valence-corrected chi connectivity index (χ1v) is 21.0. The van der Waals surface area contributed by atoms with Crippen LogP contribution in [0.1, 0.15) is 44.2 Å². The van der Waals surface area contributed by atoms with Crippen molar-refractivity contribution in [1.29, 1.82) is 0 Å². The molecule has 0 spiro atoms. The maximum atomic E-state index is 14.0. The summed E-state index contributed by atoms with van der Waals surface area (Å²) >= 11 is 0. The molecule has 0 saturated carbocycles. The van der Waals surface area contributed by atoms with Gasteiger partial charge in [-0.3, -0.25) is 24.0 Å². The maximum absolute atomic E-state index is 14.0. The van der Waals surface area contributed by atoms with Gasteiger partial charge in [0, 0.05) is 41.5 Å². The van der Waals surface area contributed by atoms with Crippen LogP contribution < -0.4 is 26.0 Å². The number of halogens is 1. The number of rotatable bonds is 18. The number of β-lactam (4-membered cyclic amide) rings is 1. The summed E-state index contributed by atoms with van der Waals surface area (Å²) < 4.78 is 56.5. The van der Waals surface area contributed by atoms with Gasteiger partial charge in [-0.1, -0.05) is 30.3 Å². The smallest absolute Gasteiger partial charge is 0.407 e. The number of alkyl carbamates (subject to hydrolysis) is 1. The number of aromatic nitrogens is 1. The second-order valence-corrected chi connectivity index (χ2v) is 16.1. The SMILES string of the molecule is CCNC(=O)C(CCCNC(=O)OCc1ccccc1)NC(=O)CC1C(NC(=O)COc2ccc3c(c2)S(=O)(=O)Cc2c-3[nH]c3ccc(F)cc23)C(=O)N1CC(=O)OCC. The molecule has 5 N–H and O–H groups in total. The number of amides is 5. The van der Waals surface area contributed by atoms with Gasteiger partial charge in [-0.2, -0.15) is 0 Å². The predicted molar refractivity (Wildman–Crippen MR) is 213 cm³/mol. The highest BCUT2D eigenvalue weighted by atomic mass is 32.2. The highest BCUT2D eigenvalue weighted by molar-refractivity contribution is 7.91. The number of likely N-dealkylation sites (tertiary alicyclic amines) is 1. The second kappa shape index (κ2) is 19.0. The van der Waals surface area contributed by atoms with Gasteiger partial charge >= 0.3 is 12.1 Å². The highest BCUT2D eigenvalue weighted by Gasteiger charge is 2.50. The molecule has 5 amide bonds.